The van der Waals surface area contributed by atoms with Gasteiger partial charge in [-0.05, 0) is 25.0 Å². The number of imidazole rings is 1. The first-order valence-electron chi connectivity index (χ1n) is 7.02. The van der Waals surface area contributed by atoms with E-state index in [0.29, 0.717) is 18.3 Å². The van der Waals surface area contributed by atoms with E-state index in [2.05, 4.69) is 15.1 Å². The summed E-state index contributed by atoms with van der Waals surface area (Å²) in [5.41, 5.74) is 2.68. The van der Waals surface area contributed by atoms with Crippen molar-refractivity contribution in [3.05, 3.63) is 42.2 Å². The summed E-state index contributed by atoms with van der Waals surface area (Å²) in [7, 11) is 0. The number of aromatic nitrogens is 4. The smallest absolute Gasteiger partial charge is 0.230 e. The van der Waals surface area contributed by atoms with Gasteiger partial charge in [-0.15, -0.1) is 0 Å². The fourth-order valence-corrected chi connectivity index (χ4v) is 2.66. The van der Waals surface area contributed by atoms with Crippen molar-refractivity contribution in [2.45, 2.75) is 25.4 Å². The minimum atomic E-state index is 0.446. The highest BCUT2D eigenvalue weighted by atomic mass is 16.5. The Kier molecular flexibility index (Phi) is 2.08. The molecule has 0 amide bonds. The van der Waals surface area contributed by atoms with E-state index in [1.54, 1.807) is 6.33 Å². The van der Waals surface area contributed by atoms with Crippen molar-refractivity contribution < 1.29 is 9.26 Å². The Morgan fingerprint density at radius 3 is 3.00 bits per heavy atom. The summed E-state index contributed by atoms with van der Waals surface area (Å²) in [6, 6.07) is 7.91. The van der Waals surface area contributed by atoms with Gasteiger partial charge >= 0.3 is 0 Å². The van der Waals surface area contributed by atoms with Crippen LogP contribution in [0.1, 0.15) is 30.3 Å². The van der Waals surface area contributed by atoms with Gasteiger partial charge in [0.25, 0.3) is 0 Å². The molecular formula is C15H12N4O2. The quantitative estimate of drug-likeness (QED) is 0.722. The third-order valence-electron chi connectivity index (χ3n) is 3.94. The van der Waals surface area contributed by atoms with Crippen LogP contribution >= 0.6 is 0 Å². The van der Waals surface area contributed by atoms with E-state index in [1.165, 1.54) is 0 Å². The number of nitrogens with zero attached hydrogens (tertiary/aromatic N) is 4. The maximum absolute atomic E-state index is 5.79. The lowest BCUT2D eigenvalue weighted by Crippen LogP contribution is -2.12. The predicted molar refractivity (Wildman–Crippen MR) is 73.2 cm³/mol. The van der Waals surface area contributed by atoms with Crippen molar-refractivity contribution in [2.75, 3.05) is 0 Å². The summed E-state index contributed by atoms with van der Waals surface area (Å²) >= 11 is 0. The van der Waals surface area contributed by atoms with Crippen LogP contribution in [0.3, 0.4) is 0 Å². The molecule has 1 saturated carbocycles. The van der Waals surface area contributed by atoms with Crippen molar-refractivity contribution in [1.29, 1.82) is 0 Å². The maximum Gasteiger partial charge on any atom is 0.230 e. The van der Waals surface area contributed by atoms with Crippen LogP contribution in [-0.2, 0) is 6.61 Å². The fourth-order valence-electron chi connectivity index (χ4n) is 2.66. The molecule has 104 valence electrons. The van der Waals surface area contributed by atoms with Crippen molar-refractivity contribution in [1.82, 2.24) is 19.7 Å². The summed E-state index contributed by atoms with van der Waals surface area (Å²) in [6.07, 6.45) is 4.07. The van der Waals surface area contributed by atoms with Crippen molar-refractivity contribution in [3.8, 4) is 23.0 Å². The number of rotatable bonds is 2. The molecule has 2 aromatic heterocycles. The van der Waals surface area contributed by atoms with Crippen LogP contribution in [0.15, 0.2) is 35.1 Å². The molecule has 3 aromatic rings. The van der Waals surface area contributed by atoms with Crippen molar-refractivity contribution in [3.63, 3.8) is 0 Å². The van der Waals surface area contributed by atoms with E-state index >= 15 is 0 Å². The van der Waals surface area contributed by atoms with Crippen LogP contribution < -0.4 is 4.74 Å². The Hall–Kier alpha value is -2.63. The zero-order valence-corrected chi connectivity index (χ0v) is 11.2. The minimum absolute atomic E-state index is 0.446. The topological polar surface area (TPSA) is 66.0 Å². The second-order valence-corrected chi connectivity index (χ2v) is 5.40. The highest BCUT2D eigenvalue weighted by Gasteiger charge is 2.31. The van der Waals surface area contributed by atoms with E-state index < -0.39 is 0 Å². The van der Waals surface area contributed by atoms with Gasteiger partial charge in [-0.25, -0.2) is 4.98 Å². The molecule has 1 aliphatic carbocycles. The largest absolute Gasteiger partial charge is 0.485 e. The highest BCUT2D eigenvalue weighted by Crippen LogP contribution is 2.40. The first-order chi connectivity index (χ1) is 10.4. The maximum atomic E-state index is 5.79. The molecule has 0 atom stereocenters. The minimum Gasteiger partial charge on any atom is -0.485 e. The van der Waals surface area contributed by atoms with Gasteiger partial charge in [0.2, 0.25) is 11.7 Å². The van der Waals surface area contributed by atoms with E-state index in [9.17, 15) is 0 Å². The zero-order valence-electron chi connectivity index (χ0n) is 11.2. The Morgan fingerprint density at radius 1 is 1.19 bits per heavy atom. The number of ether oxygens (including phenoxy) is 1. The molecule has 6 heteroatoms. The number of fused-ring (bicyclic) bond motifs is 3. The number of hydrogen-bond acceptors (Lipinski definition) is 5. The van der Waals surface area contributed by atoms with Gasteiger partial charge in [0.15, 0.2) is 0 Å². The van der Waals surface area contributed by atoms with Gasteiger partial charge in [0, 0.05) is 5.92 Å². The van der Waals surface area contributed by atoms with Gasteiger partial charge in [0.1, 0.15) is 24.4 Å². The molecule has 0 radical (unpaired) electrons. The van der Waals surface area contributed by atoms with Crippen LogP contribution in [0.5, 0.6) is 5.75 Å². The standard InChI is InChI=1S/C15H12N4O2/c1-2-4-12-10(3-1)19-8-16-13(11(19)7-20-12)14-17-15(21-18-14)9-5-6-9/h1-4,8-9H,5-7H2. The third-order valence-corrected chi connectivity index (χ3v) is 3.94. The molecule has 6 nitrogen and oxygen atoms in total. The molecular weight excluding hydrogens is 268 g/mol. The average molecular weight is 280 g/mol. The Bertz CT molecular complexity index is 832. The van der Waals surface area contributed by atoms with Crippen molar-refractivity contribution in [2.24, 2.45) is 0 Å². The number of para-hydroxylation sites is 2. The van der Waals surface area contributed by atoms with Gasteiger partial charge in [-0.3, -0.25) is 4.57 Å². The third kappa shape index (κ3) is 1.62. The molecule has 1 fully saturated rings. The van der Waals surface area contributed by atoms with Gasteiger partial charge < -0.3 is 9.26 Å². The summed E-state index contributed by atoms with van der Waals surface area (Å²) < 4.78 is 13.1. The van der Waals surface area contributed by atoms with E-state index in [0.717, 1.165) is 41.6 Å². The van der Waals surface area contributed by atoms with Gasteiger partial charge in [-0.1, -0.05) is 17.3 Å². The predicted octanol–water partition coefficient (Wildman–Crippen LogP) is 2.69. The fraction of sp³-hybridized carbons (Fsp3) is 0.267. The number of benzene rings is 1. The van der Waals surface area contributed by atoms with Crippen LogP contribution in [0.4, 0.5) is 0 Å². The van der Waals surface area contributed by atoms with E-state index in [-0.39, 0.29) is 0 Å². The first-order valence-corrected chi connectivity index (χ1v) is 7.02. The molecule has 1 aromatic carbocycles. The van der Waals surface area contributed by atoms with Crippen LogP contribution in [0, 0.1) is 0 Å². The highest BCUT2D eigenvalue weighted by molar-refractivity contribution is 5.58. The lowest BCUT2D eigenvalue weighted by atomic mass is 10.2. The lowest BCUT2D eigenvalue weighted by Gasteiger charge is -2.19. The SMILES string of the molecule is c1ccc2c(c1)OCc1c(-c3noc(C4CC4)n3)ncn1-2. The molecule has 0 N–H and O–H groups in total. The molecule has 1 aliphatic heterocycles. The molecule has 21 heavy (non-hydrogen) atoms. The summed E-state index contributed by atoms with van der Waals surface area (Å²) in [5.74, 6) is 2.58. The normalized spacial score (nSPS) is 16.2. The van der Waals surface area contributed by atoms with Crippen LogP contribution in [0.2, 0.25) is 0 Å². The molecule has 0 saturated heterocycles. The molecule has 3 heterocycles. The zero-order chi connectivity index (χ0) is 13.8. The van der Waals surface area contributed by atoms with E-state index in [1.807, 2.05) is 28.8 Å². The molecule has 0 spiro atoms. The molecule has 5 rings (SSSR count). The monoisotopic (exact) mass is 280 g/mol. The van der Waals surface area contributed by atoms with Gasteiger partial charge in [-0.2, -0.15) is 4.98 Å². The average Bonchev–Trinajstić information content (AvgIpc) is 3.11. The second-order valence-electron chi connectivity index (χ2n) is 5.40. The van der Waals surface area contributed by atoms with E-state index in [4.69, 9.17) is 9.26 Å². The Morgan fingerprint density at radius 2 is 2.10 bits per heavy atom. The molecule has 0 unspecified atom stereocenters. The number of hydrogen-bond donors (Lipinski definition) is 0. The summed E-state index contributed by atoms with van der Waals surface area (Å²) in [5, 5.41) is 4.07. The van der Waals surface area contributed by atoms with Crippen molar-refractivity contribution >= 4 is 0 Å². The van der Waals surface area contributed by atoms with Crippen LogP contribution in [0.25, 0.3) is 17.2 Å². The Labute approximate surface area is 120 Å². The molecule has 2 aliphatic rings. The summed E-state index contributed by atoms with van der Waals surface area (Å²) in [6.45, 7) is 0.458. The summed E-state index contributed by atoms with van der Waals surface area (Å²) in [4.78, 5) is 8.93. The lowest BCUT2D eigenvalue weighted by molar-refractivity contribution is 0.285. The first kappa shape index (κ1) is 11.1. The Balaban J connectivity index is 1.62. The van der Waals surface area contributed by atoms with Crippen LogP contribution in [-0.4, -0.2) is 19.7 Å². The second kappa shape index (κ2) is 3.94. The van der Waals surface area contributed by atoms with Gasteiger partial charge in [0.05, 0.1) is 11.4 Å². The molecule has 0 bridgehead atoms.